The number of ether oxygens (including phenoxy) is 4. The van der Waals surface area contributed by atoms with E-state index in [4.69, 9.17) is 18.9 Å². The number of benzene rings is 1. The standard InChI is InChI=1S/C13H17NO5/c1-13(2,3)19-12(15)14-10-8(16-4)5-6-9-11(10)18-7-17-9/h5-6H,7H2,1-4H3,(H,14,15). The lowest BCUT2D eigenvalue weighted by atomic mass is 10.2. The minimum atomic E-state index is -0.577. The van der Waals surface area contributed by atoms with Crippen LogP contribution in [0.4, 0.5) is 10.5 Å². The second kappa shape index (κ2) is 4.87. The van der Waals surface area contributed by atoms with Crippen LogP contribution in [0.1, 0.15) is 20.8 Å². The van der Waals surface area contributed by atoms with Crippen molar-refractivity contribution in [2.75, 3.05) is 19.2 Å². The van der Waals surface area contributed by atoms with E-state index in [2.05, 4.69) is 5.32 Å². The lowest BCUT2D eigenvalue weighted by Gasteiger charge is -2.20. The summed E-state index contributed by atoms with van der Waals surface area (Å²) in [7, 11) is 1.51. The van der Waals surface area contributed by atoms with Crippen LogP contribution in [0.2, 0.25) is 0 Å². The van der Waals surface area contributed by atoms with Gasteiger partial charge in [0.15, 0.2) is 11.5 Å². The molecule has 0 bridgehead atoms. The number of fused-ring (bicyclic) bond motifs is 1. The van der Waals surface area contributed by atoms with E-state index in [1.165, 1.54) is 7.11 Å². The SMILES string of the molecule is COc1ccc2c(c1NC(=O)OC(C)(C)C)OCO2. The number of methoxy groups -OCH3 is 1. The molecular weight excluding hydrogens is 250 g/mol. The number of carbonyl (C=O) groups is 1. The molecule has 0 aromatic heterocycles. The molecule has 0 aliphatic carbocycles. The monoisotopic (exact) mass is 267 g/mol. The minimum Gasteiger partial charge on any atom is -0.494 e. The molecule has 1 amide bonds. The summed E-state index contributed by atoms with van der Waals surface area (Å²) in [5, 5.41) is 2.63. The van der Waals surface area contributed by atoms with Crippen LogP contribution in [0.5, 0.6) is 17.2 Å². The van der Waals surface area contributed by atoms with Crippen LogP contribution in [0, 0.1) is 0 Å². The van der Waals surface area contributed by atoms with Crippen LogP contribution in [0.25, 0.3) is 0 Å². The largest absolute Gasteiger partial charge is 0.494 e. The molecule has 1 heterocycles. The zero-order valence-corrected chi connectivity index (χ0v) is 11.4. The van der Waals surface area contributed by atoms with Crippen LogP contribution in [0.15, 0.2) is 12.1 Å². The highest BCUT2D eigenvalue weighted by atomic mass is 16.7. The molecule has 1 aliphatic rings. The van der Waals surface area contributed by atoms with Crippen LogP contribution in [-0.4, -0.2) is 25.6 Å². The van der Waals surface area contributed by atoms with Crippen molar-refractivity contribution in [2.45, 2.75) is 26.4 Å². The van der Waals surface area contributed by atoms with Gasteiger partial charge in [-0.15, -0.1) is 0 Å². The van der Waals surface area contributed by atoms with Crippen LogP contribution in [-0.2, 0) is 4.74 Å². The number of nitrogens with one attached hydrogen (secondary N) is 1. The minimum absolute atomic E-state index is 0.117. The fourth-order valence-corrected chi connectivity index (χ4v) is 1.65. The Kier molecular flexibility index (Phi) is 3.42. The molecule has 1 aromatic rings. The Labute approximate surface area is 111 Å². The summed E-state index contributed by atoms with van der Waals surface area (Å²) in [5.74, 6) is 1.49. The van der Waals surface area contributed by atoms with Gasteiger partial charge < -0.3 is 18.9 Å². The number of amides is 1. The van der Waals surface area contributed by atoms with Gasteiger partial charge in [0.05, 0.1) is 7.11 Å². The van der Waals surface area contributed by atoms with Crippen molar-refractivity contribution in [3.63, 3.8) is 0 Å². The van der Waals surface area contributed by atoms with Gasteiger partial charge in [-0.1, -0.05) is 0 Å². The first-order valence-electron chi connectivity index (χ1n) is 5.87. The summed E-state index contributed by atoms with van der Waals surface area (Å²) in [6.07, 6.45) is -0.574. The summed E-state index contributed by atoms with van der Waals surface area (Å²) in [5.41, 5.74) is -0.168. The average Bonchev–Trinajstić information content (AvgIpc) is 2.75. The Balaban J connectivity index is 2.24. The van der Waals surface area contributed by atoms with Crippen LogP contribution >= 0.6 is 0 Å². The average molecular weight is 267 g/mol. The van der Waals surface area contributed by atoms with E-state index in [1.54, 1.807) is 32.9 Å². The Bertz CT molecular complexity index is 493. The highest BCUT2D eigenvalue weighted by Crippen LogP contribution is 2.44. The van der Waals surface area contributed by atoms with Gasteiger partial charge in [0, 0.05) is 0 Å². The van der Waals surface area contributed by atoms with Crippen molar-refractivity contribution < 1.29 is 23.7 Å². The highest BCUT2D eigenvalue weighted by molar-refractivity contribution is 5.90. The maximum atomic E-state index is 11.8. The van der Waals surface area contributed by atoms with E-state index in [1.807, 2.05) is 0 Å². The first-order valence-corrected chi connectivity index (χ1v) is 5.87. The lowest BCUT2D eigenvalue weighted by molar-refractivity contribution is 0.0634. The quantitative estimate of drug-likeness (QED) is 0.892. The van der Waals surface area contributed by atoms with E-state index in [0.29, 0.717) is 22.9 Å². The lowest BCUT2D eigenvalue weighted by Crippen LogP contribution is -2.27. The molecule has 6 heteroatoms. The summed E-state index contributed by atoms with van der Waals surface area (Å²) in [4.78, 5) is 11.8. The molecule has 1 aliphatic heterocycles. The van der Waals surface area contributed by atoms with Crippen molar-refractivity contribution in [1.82, 2.24) is 0 Å². The van der Waals surface area contributed by atoms with Crippen molar-refractivity contribution >= 4 is 11.8 Å². The highest BCUT2D eigenvalue weighted by Gasteiger charge is 2.25. The summed E-state index contributed by atoms with van der Waals surface area (Å²) in [6.45, 7) is 5.49. The summed E-state index contributed by atoms with van der Waals surface area (Å²) >= 11 is 0. The summed E-state index contributed by atoms with van der Waals surface area (Å²) < 4.78 is 21.0. The van der Waals surface area contributed by atoms with Gasteiger partial charge in [0.1, 0.15) is 17.0 Å². The number of anilines is 1. The van der Waals surface area contributed by atoms with Crippen molar-refractivity contribution in [3.8, 4) is 17.2 Å². The van der Waals surface area contributed by atoms with E-state index >= 15 is 0 Å². The molecule has 2 rings (SSSR count). The molecule has 0 fully saturated rings. The molecule has 1 N–H and O–H groups in total. The van der Waals surface area contributed by atoms with Crippen molar-refractivity contribution in [1.29, 1.82) is 0 Å². The second-order valence-corrected chi connectivity index (χ2v) is 5.00. The maximum Gasteiger partial charge on any atom is 0.412 e. The number of rotatable bonds is 2. The van der Waals surface area contributed by atoms with Gasteiger partial charge in [-0.05, 0) is 32.9 Å². The van der Waals surface area contributed by atoms with Gasteiger partial charge in [-0.2, -0.15) is 0 Å². The molecule has 0 spiro atoms. The number of hydrogen-bond donors (Lipinski definition) is 1. The fourth-order valence-electron chi connectivity index (χ4n) is 1.65. The molecule has 0 saturated carbocycles. The summed E-state index contributed by atoms with van der Waals surface area (Å²) in [6, 6.07) is 3.42. The molecule has 19 heavy (non-hydrogen) atoms. The smallest absolute Gasteiger partial charge is 0.412 e. The van der Waals surface area contributed by atoms with Gasteiger partial charge in [-0.25, -0.2) is 4.79 Å². The second-order valence-electron chi connectivity index (χ2n) is 5.00. The first-order chi connectivity index (χ1) is 8.90. The van der Waals surface area contributed by atoms with E-state index in [9.17, 15) is 4.79 Å². The molecule has 0 atom stereocenters. The van der Waals surface area contributed by atoms with Gasteiger partial charge in [0.25, 0.3) is 0 Å². The third-order valence-electron chi connectivity index (χ3n) is 2.35. The molecule has 0 unspecified atom stereocenters. The predicted octanol–water partition coefficient (Wildman–Crippen LogP) is 2.77. The van der Waals surface area contributed by atoms with Gasteiger partial charge >= 0.3 is 6.09 Å². The van der Waals surface area contributed by atoms with Crippen LogP contribution in [0.3, 0.4) is 0 Å². The third-order valence-corrected chi connectivity index (χ3v) is 2.35. The molecule has 0 saturated heterocycles. The van der Waals surface area contributed by atoms with Gasteiger partial charge in [0.2, 0.25) is 6.79 Å². The first kappa shape index (κ1) is 13.3. The van der Waals surface area contributed by atoms with Crippen molar-refractivity contribution in [2.24, 2.45) is 0 Å². The van der Waals surface area contributed by atoms with Crippen molar-refractivity contribution in [3.05, 3.63) is 12.1 Å². The normalized spacial score (nSPS) is 13.1. The van der Waals surface area contributed by atoms with E-state index in [-0.39, 0.29) is 6.79 Å². The molecule has 6 nitrogen and oxygen atoms in total. The topological polar surface area (TPSA) is 66.0 Å². The zero-order valence-electron chi connectivity index (χ0n) is 11.4. The zero-order chi connectivity index (χ0) is 14.0. The Morgan fingerprint density at radius 3 is 2.68 bits per heavy atom. The molecular formula is C13H17NO5. The third kappa shape index (κ3) is 3.01. The maximum absolute atomic E-state index is 11.8. The Hall–Kier alpha value is -2.11. The van der Waals surface area contributed by atoms with E-state index < -0.39 is 11.7 Å². The van der Waals surface area contributed by atoms with E-state index in [0.717, 1.165) is 0 Å². The Morgan fingerprint density at radius 1 is 1.32 bits per heavy atom. The van der Waals surface area contributed by atoms with Crippen LogP contribution < -0.4 is 19.5 Å². The molecule has 104 valence electrons. The van der Waals surface area contributed by atoms with Gasteiger partial charge in [-0.3, -0.25) is 5.32 Å². The predicted molar refractivity (Wildman–Crippen MR) is 69.0 cm³/mol. The Morgan fingerprint density at radius 2 is 2.05 bits per heavy atom. The molecule has 0 radical (unpaired) electrons. The molecule has 1 aromatic carbocycles. The number of carbonyl (C=O) groups excluding carboxylic acids is 1. The number of hydrogen-bond acceptors (Lipinski definition) is 5. The fraction of sp³-hybridized carbons (Fsp3) is 0.462.